The van der Waals surface area contributed by atoms with E-state index in [0.29, 0.717) is 34.0 Å². The Balaban J connectivity index is 2.06. The number of amides is 1. The number of nitrogens with zero attached hydrogens (tertiary/aromatic N) is 2. The number of fused-ring (bicyclic) bond motifs is 3. The number of carbonyl (C=O) groups is 1. The van der Waals surface area contributed by atoms with Crippen molar-refractivity contribution in [1.29, 1.82) is 0 Å². The second-order valence-corrected chi connectivity index (χ2v) is 7.30. The van der Waals surface area contributed by atoms with Crippen molar-refractivity contribution < 1.29 is 13.9 Å². The molecule has 0 radical (unpaired) electrons. The third kappa shape index (κ3) is 3.39. The highest BCUT2D eigenvalue weighted by atomic mass is 16.5. The molecule has 0 saturated heterocycles. The van der Waals surface area contributed by atoms with E-state index in [1.54, 1.807) is 18.2 Å². The lowest BCUT2D eigenvalue weighted by Gasteiger charge is -2.12. The van der Waals surface area contributed by atoms with E-state index >= 15 is 0 Å². The summed E-state index contributed by atoms with van der Waals surface area (Å²) in [7, 11) is 1.50. The molecule has 4 aromatic rings. The first-order valence-electron chi connectivity index (χ1n) is 9.58. The summed E-state index contributed by atoms with van der Waals surface area (Å²) in [4.78, 5) is 33.7. The lowest BCUT2D eigenvalue weighted by Crippen LogP contribution is -2.13. The molecular formula is C23H21N3O4. The number of benzene rings is 2. The van der Waals surface area contributed by atoms with Crippen molar-refractivity contribution in [2.75, 3.05) is 12.4 Å². The average Bonchev–Trinajstić information content (AvgIpc) is 2.72. The lowest BCUT2D eigenvalue weighted by atomic mass is 10.0. The quantitative estimate of drug-likeness (QED) is 0.398. The van der Waals surface area contributed by atoms with Crippen LogP contribution >= 0.6 is 0 Å². The maximum Gasteiger partial charge on any atom is 0.349 e. The predicted molar refractivity (Wildman–Crippen MR) is 116 cm³/mol. The molecule has 0 unspecified atom stereocenters. The molecule has 0 aliphatic heterocycles. The van der Waals surface area contributed by atoms with Crippen LogP contribution in [0.2, 0.25) is 0 Å². The van der Waals surface area contributed by atoms with Crippen LogP contribution in [0, 0.1) is 0 Å². The third-order valence-corrected chi connectivity index (χ3v) is 4.89. The number of para-hydroxylation sites is 1. The molecule has 1 N–H and O–H groups in total. The summed E-state index contributed by atoms with van der Waals surface area (Å²) >= 11 is 0. The zero-order chi connectivity index (χ0) is 21.4. The van der Waals surface area contributed by atoms with E-state index in [1.165, 1.54) is 19.6 Å². The fourth-order valence-corrected chi connectivity index (χ4v) is 3.36. The molecule has 1 amide bonds. The predicted octanol–water partition coefficient (Wildman–Crippen LogP) is 4.49. The highest BCUT2D eigenvalue weighted by Gasteiger charge is 2.19. The van der Waals surface area contributed by atoms with Gasteiger partial charge in [0.1, 0.15) is 5.39 Å². The number of ether oxygens (including phenoxy) is 1. The molecule has 4 rings (SSSR count). The highest BCUT2D eigenvalue weighted by Crippen LogP contribution is 2.32. The summed E-state index contributed by atoms with van der Waals surface area (Å²) in [6.07, 6.45) is 0. The van der Waals surface area contributed by atoms with E-state index in [-0.39, 0.29) is 17.1 Å². The van der Waals surface area contributed by atoms with Gasteiger partial charge in [0, 0.05) is 17.9 Å². The molecule has 2 heterocycles. The first-order chi connectivity index (χ1) is 14.4. The topological polar surface area (TPSA) is 94.3 Å². The first kappa shape index (κ1) is 19.6. The van der Waals surface area contributed by atoms with E-state index in [9.17, 15) is 9.59 Å². The van der Waals surface area contributed by atoms with Crippen molar-refractivity contribution in [1.82, 2.24) is 9.97 Å². The van der Waals surface area contributed by atoms with Crippen molar-refractivity contribution in [3.05, 3.63) is 58.4 Å². The molecule has 152 valence electrons. The second kappa shape index (κ2) is 7.59. The summed E-state index contributed by atoms with van der Waals surface area (Å²) in [5.74, 6) is 0.994. The third-order valence-electron chi connectivity index (χ3n) is 4.89. The van der Waals surface area contributed by atoms with Gasteiger partial charge < -0.3 is 14.5 Å². The molecule has 0 saturated carbocycles. The van der Waals surface area contributed by atoms with Crippen LogP contribution in [-0.2, 0) is 4.79 Å². The fourth-order valence-electron chi connectivity index (χ4n) is 3.36. The summed E-state index contributed by atoms with van der Waals surface area (Å²) in [5, 5.41) is 3.35. The molecule has 0 aliphatic carbocycles. The van der Waals surface area contributed by atoms with Crippen LogP contribution < -0.4 is 15.7 Å². The van der Waals surface area contributed by atoms with Crippen LogP contribution in [-0.4, -0.2) is 23.0 Å². The zero-order valence-electron chi connectivity index (χ0n) is 17.1. The number of anilines is 1. The number of hydrogen-bond donors (Lipinski definition) is 1. The smallest absolute Gasteiger partial charge is 0.349 e. The molecule has 7 heteroatoms. The van der Waals surface area contributed by atoms with Gasteiger partial charge in [0.15, 0.2) is 23.0 Å². The highest BCUT2D eigenvalue weighted by molar-refractivity contribution is 6.09. The Morgan fingerprint density at radius 1 is 1.10 bits per heavy atom. The standard InChI is InChI=1S/C23H21N3O4/c1-12(2)14-8-10-15(11-9-14)21-25-19-16-6-5-7-17(29-4)20(16)30-23(28)18(19)22(26-21)24-13(3)27/h5-12H,1-4H3,(H,24,25,26,27). The van der Waals surface area contributed by atoms with E-state index < -0.39 is 5.63 Å². The van der Waals surface area contributed by atoms with E-state index in [4.69, 9.17) is 9.15 Å². The van der Waals surface area contributed by atoms with Gasteiger partial charge in [-0.05, 0) is 23.6 Å². The van der Waals surface area contributed by atoms with Crippen LogP contribution in [0.25, 0.3) is 33.3 Å². The average molecular weight is 403 g/mol. The number of methoxy groups -OCH3 is 1. The van der Waals surface area contributed by atoms with Crippen LogP contribution in [0.15, 0.2) is 51.7 Å². The summed E-state index contributed by atoms with van der Waals surface area (Å²) in [5.41, 5.74) is 2.01. The molecule has 0 fully saturated rings. The molecule has 2 aromatic carbocycles. The van der Waals surface area contributed by atoms with E-state index in [2.05, 4.69) is 29.1 Å². The van der Waals surface area contributed by atoms with Gasteiger partial charge in [-0.2, -0.15) is 0 Å². The number of carbonyl (C=O) groups excluding carboxylic acids is 1. The molecule has 30 heavy (non-hydrogen) atoms. The normalized spacial score (nSPS) is 11.2. The molecule has 2 aromatic heterocycles. The fraction of sp³-hybridized carbons (Fsp3) is 0.217. The minimum Gasteiger partial charge on any atom is -0.493 e. The monoisotopic (exact) mass is 403 g/mol. The van der Waals surface area contributed by atoms with Crippen molar-refractivity contribution in [3.8, 4) is 17.1 Å². The van der Waals surface area contributed by atoms with Crippen molar-refractivity contribution in [2.24, 2.45) is 0 Å². The molecular weight excluding hydrogens is 382 g/mol. The SMILES string of the molecule is COc1cccc2c1oc(=O)c1c(NC(C)=O)nc(-c3ccc(C(C)C)cc3)nc12. The van der Waals surface area contributed by atoms with Crippen molar-refractivity contribution in [3.63, 3.8) is 0 Å². The summed E-state index contributed by atoms with van der Waals surface area (Å²) < 4.78 is 10.8. The lowest BCUT2D eigenvalue weighted by molar-refractivity contribution is -0.114. The number of hydrogen-bond acceptors (Lipinski definition) is 6. The van der Waals surface area contributed by atoms with Gasteiger partial charge in [0.2, 0.25) is 5.91 Å². The molecule has 0 bridgehead atoms. The van der Waals surface area contributed by atoms with Crippen LogP contribution in [0.5, 0.6) is 5.75 Å². The van der Waals surface area contributed by atoms with Gasteiger partial charge in [0.05, 0.1) is 12.6 Å². The molecule has 0 atom stereocenters. The zero-order valence-corrected chi connectivity index (χ0v) is 17.1. The maximum absolute atomic E-state index is 12.8. The van der Waals surface area contributed by atoms with Crippen molar-refractivity contribution >= 4 is 33.6 Å². The number of nitrogens with one attached hydrogen (secondary N) is 1. The van der Waals surface area contributed by atoms with Gasteiger partial charge >= 0.3 is 5.63 Å². The Morgan fingerprint density at radius 2 is 1.83 bits per heavy atom. The Bertz CT molecular complexity index is 1320. The Hall–Kier alpha value is -3.74. The van der Waals surface area contributed by atoms with Crippen LogP contribution in [0.1, 0.15) is 32.3 Å². The number of rotatable bonds is 4. The van der Waals surface area contributed by atoms with Gasteiger partial charge in [-0.3, -0.25) is 4.79 Å². The molecule has 7 nitrogen and oxygen atoms in total. The maximum atomic E-state index is 12.8. The summed E-state index contributed by atoms with van der Waals surface area (Å²) in [6, 6.07) is 13.2. The Kier molecular flexibility index (Phi) is 4.95. The minimum absolute atomic E-state index is 0.119. The Morgan fingerprint density at radius 3 is 2.47 bits per heavy atom. The van der Waals surface area contributed by atoms with E-state index in [1.807, 2.05) is 24.3 Å². The van der Waals surface area contributed by atoms with Gasteiger partial charge in [0.25, 0.3) is 0 Å². The molecule has 0 spiro atoms. The minimum atomic E-state index is -0.646. The number of aromatic nitrogens is 2. The Labute approximate surface area is 172 Å². The largest absolute Gasteiger partial charge is 0.493 e. The van der Waals surface area contributed by atoms with Crippen LogP contribution in [0.4, 0.5) is 5.82 Å². The van der Waals surface area contributed by atoms with Crippen molar-refractivity contribution in [2.45, 2.75) is 26.7 Å². The van der Waals surface area contributed by atoms with Crippen LogP contribution in [0.3, 0.4) is 0 Å². The van der Waals surface area contributed by atoms with Gasteiger partial charge in [-0.15, -0.1) is 0 Å². The first-order valence-corrected chi connectivity index (χ1v) is 9.58. The molecule has 0 aliphatic rings. The van der Waals surface area contributed by atoms with E-state index in [0.717, 1.165) is 5.56 Å². The van der Waals surface area contributed by atoms with Gasteiger partial charge in [-0.25, -0.2) is 14.8 Å². The van der Waals surface area contributed by atoms with Gasteiger partial charge in [-0.1, -0.05) is 44.2 Å². The summed E-state index contributed by atoms with van der Waals surface area (Å²) in [6.45, 7) is 5.60. The second-order valence-electron chi connectivity index (χ2n) is 7.30.